The predicted octanol–water partition coefficient (Wildman–Crippen LogP) is 3.81. The minimum absolute atomic E-state index is 0.687. The van der Waals surface area contributed by atoms with Gasteiger partial charge in [0.1, 0.15) is 0 Å². The first-order valence-electron chi connectivity index (χ1n) is 9.24. The SMILES string of the molecule is Cc1cccc(Nc2cc3c4c(c2)C2CNCC2CN4CCC3)c1. The molecule has 24 heavy (non-hydrogen) atoms. The number of rotatable bonds is 2. The highest BCUT2D eigenvalue weighted by Gasteiger charge is 2.38. The summed E-state index contributed by atoms with van der Waals surface area (Å²) in [6, 6.07) is 13.5. The molecule has 3 aliphatic rings. The second kappa shape index (κ2) is 5.52. The van der Waals surface area contributed by atoms with Crippen molar-refractivity contribution in [3.63, 3.8) is 0 Å². The third-order valence-electron chi connectivity index (χ3n) is 5.91. The molecular weight excluding hydrogens is 294 g/mol. The van der Waals surface area contributed by atoms with E-state index in [4.69, 9.17) is 0 Å². The Hall–Kier alpha value is -2.00. The quantitative estimate of drug-likeness (QED) is 0.881. The van der Waals surface area contributed by atoms with Crippen LogP contribution in [0, 0.1) is 12.8 Å². The van der Waals surface area contributed by atoms with Crippen molar-refractivity contribution in [1.29, 1.82) is 0 Å². The molecular formula is C21H25N3. The Kier molecular flexibility index (Phi) is 3.30. The maximum absolute atomic E-state index is 3.65. The van der Waals surface area contributed by atoms with Crippen LogP contribution >= 0.6 is 0 Å². The lowest BCUT2D eigenvalue weighted by Gasteiger charge is -2.42. The first kappa shape index (κ1) is 14.4. The van der Waals surface area contributed by atoms with Crippen LogP contribution in [0.2, 0.25) is 0 Å². The second-order valence-electron chi connectivity index (χ2n) is 7.64. The fourth-order valence-electron chi connectivity index (χ4n) is 4.87. The molecule has 0 saturated carbocycles. The summed E-state index contributed by atoms with van der Waals surface area (Å²) in [5, 5.41) is 7.27. The third kappa shape index (κ3) is 2.30. The van der Waals surface area contributed by atoms with Crippen molar-refractivity contribution < 1.29 is 0 Å². The van der Waals surface area contributed by atoms with Crippen LogP contribution in [0.3, 0.4) is 0 Å². The Morgan fingerprint density at radius 2 is 2.08 bits per heavy atom. The zero-order chi connectivity index (χ0) is 16.1. The van der Waals surface area contributed by atoms with Crippen LogP contribution in [0.1, 0.15) is 29.0 Å². The van der Waals surface area contributed by atoms with E-state index in [9.17, 15) is 0 Å². The maximum Gasteiger partial charge on any atom is 0.0436 e. The average Bonchev–Trinajstić information content (AvgIpc) is 3.03. The predicted molar refractivity (Wildman–Crippen MR) is 101 cm³/mol. The Balaban J connectivity index is 1.57. The first-order chi connectivity index (χ1) is 11.8. The van der Waals surface area contributed by atoms with Gasteiger partial charge in [-0.2, -0.15) is 0 Å². The molecule has 3 nitrogen and oxygen atoms in total. The summed E-state index contributed by atoms with van der Waals surface area (Å²) in [6.07, 6.45) is 2.50. The van der Waals surface area contributed by atoms with Gasteiger partial charge in [0.05, 0.1) is 0 Å². The third-order valence-corrected chi connectivity index (χ3v) is 5.91. The monoisotopic (exact) mass is 319 g/mol. The summed E-state index contributed by atoms with van der Waals surface area (Å²) in [5.41, 5.74) is 8.41. The zero-order valence-electron chi connectivity index (χ0n) is 14.3. The lowest BCUT2D eigenvalue weighted by Crippen LogP contribution is -2.40. The minimum atomic E-state index is 0.687. The summed E-state index contributed by atoms with van der Waals surface area (Å²) in [6.45, 7) is 6.93. The van der Waals surface area contributed by atoms with Crippen LogP contribution in [-0.2, 0) is 6.42 Å². The van der Waals surface area contributed by atoms with Gasteiger partial charge in [-0.1, -0.05) is 12.1 Å². The van der Waals surface area contributed by atoms with E-state index in [0.717, 1.165) is 12.5 Å². The zero-order valence-corrected chi connectivity index (χ0v) is 14.3. The summed E-state index contributed by atoms with van der Waals surface area (Å²) in [4.78, 5) is 2.65. The van der Waals surface area contributed by atoms with E-state index in [1.165, 1.54) is 49.4 Å². The van der Waals surface area contributed by atoms with E-state index >= 15 is 0 Å². The first-order valence-corrected chi connectivity index (χ1v) is 9.24. The molecule has 2 N–H and O–H groups in total. The molecule has 0 aromatic heterocycles. The smallest absolute Gasteiger partial charge is 0.0436 e. The Morgan fingerprint density at radius 1 is 1.12 bits per heavy atom. The van der Waals surface area contributed by atoms with E-state index in [1.807, 2.05) is 0 Å². The van der Waals surface area contributed by atoms with E-state index in [1.54, 1.807) is 16.8 Å². The molecule has 2 unspecified atom stereocenters. The summed E-state index contributed by atoms with van der Waals surface area (Å²) >= 11 is 0. The molecule has 2 atom stereocenters. The number of nitrogens with zero attached hydrogens (tertiary/aromatic N) is 1. The van der Waals surface area contributed by atoms with Crippen molar-refractivity contribution in [2.45, 2.75) is 25.7 Å². The van der Waals surface area contributed by atoms with Gasteiger partial charge >= 0.3 is 0 Å². The van der Waals surface area contributed by atoms with Gasteiger partial charge in [-0.3, -0.25) is 0 Å². The fraction of sp³-hybridized carbons (Fsp3) is 0.429. The molecule has 3 heteroatoms. The van der Waals surface area contributed by atoms with Gasteiger partial charge in [0, 0.05) is 49.2 Å². The largest absolute Gasteiger partial charge is 0.371 e. The standard InChI is InChI=1S/C21H25N3/c1-14-4-2-6-17(8-14)23-18-9-15-5-3-7-24-13-16-11-22-12-20(16)19(10-18)21(15)24/h2,4,6,8-10,16,20,22-23H,3,5,7,11-13H2,1H3. The number of anilines is 3. The van der Waals surface area contributed by atoms with E-state index < -0.39 is 0 Å². The Morgan fingerprint density at radius 3 is 3.00 bits per heavy atom. The summed E-state index contributed by atoms with van der Waals surface area (Å²) in [7, 11) is 0. The van der Waals surface area contributed by atoms with Crippen LogP contribution in [-0.4, -0.2) is 26.2 Å². The molecule has 0 spiro atoms. The van der Waals surface area contributed by atoms with Crippen molar-refractivity contribution in [2.24, 2.45) is 5.92 Å². The van der Waals surface area contributed by atoms with Gasteiger partial charge in [-0.15, -0.1) is 0 Å². The molecule has 1 saturated heterocycles. The Labute approximate surface area is 144 Å². The lowest BCUT2D eigenvalue weighted by atomic mass is 9.80. The molecule has 0 radical (unpaired) electrons. The van der Waals surface area contributed by atoms with Gasteiger partial charge in [0.25, 0.3) is 0 Å². The molecule has 0 aliphatic carbocycles. The molecule has 2 aromatic rings. The molecule has 0 bridgehead atoms. The highest BCUT2D eigenvalue weighted by atomic mass is 15.2. The minimum Gasteiger partial charge on any atom is -0.371 e. The van der Waals surface area contributed by atoms with Crippen LogP contribution in [0.5, 0.6) is 0 Å². The van der Waals surface area contributed by atoms with Gasteiger partial charge in [0.2, 0.25) is 0 Å². The van der Waals surface area contributed by atoms with Gasteiger partial charge in [0.15, 0.2) is 0 Å². The second-order valence-corrected chi connectivity index (χ2v) is 7.64. The highest BCUT2D eigenvalue weighted by Crippen LogP contribution is 2.46. The molecule has 3 aliphatic heterocycles. The molecule has 2 aromatic carbocycles. The van der Waals surface area contributed by atoms with E-state index in [-0.39, 0.29) is 0 Å². The van der Waals surface area contributed by atoms with Crippen LogP contribution < -0.4 is 15.5 Å². The summed E-state index contributed by atoms with van der Waals surface area (Å²) in [5.74, 6) is 1.46. The average molecular weight is 319 g/mol. The molecule has 0 amide bonds. The van der Waals surface area contributed by atoms with Crippen LogP contribution in [0.25, 0.3) is 0 Å². The van der Waals surface area contributed by atoms with Gasteiger partial charge in [-0.05, 0) is 66.6 Å². The van der Waals surface area contributed by atoms with E-state index in [0.29, 0.717) is 5.92 Å². The number of benzene rings is 2. The highest BCUT2D eigenvalue weighted by molar-refractivity contribution is 5.73. The lowest BCUT2D eigenvalue weighted by molar-refractivity contribution is 0.470. The number of aryl methyl sites for hydroxylation is 2. The van der Waals surface area contributed by atoms with Crippen LogP contribution in [0.4, 0.5) is 17.1 Å². The summed E-state index contributed by atoms with van der Waals surface area (Å²) < 4.78 is 0. The van der Waals surface area contributed by atoms with Gasteiger partial charge < -0.3 is 15.5 Å². The van der Waals surface area contributed by atoms with Crippen molar-refractivity contribution >= 4 is 17.1 Å². The molecule has 3 heterocycles. The number of nitrogens with one attached hydrogen (secondary N) is 2. The van der Waals surface area contributed by atoms with Crippen LogP contribution in [0.15, 0.2) is 36.4 Å². The number of hydrogen-bond acceptors (Lipinski definition) is 3. The van der Waals surface area contributed by atoms with Gasteiger partial charge in [-0.25, -0.2) is 0 Å². The topological polar surface area (TPSA) is 27.3 Å². The van der Waals surface area contributed by atoms with Crippen molar-refractivity contribution in [2.75, 3.05) is 36.4 Å². The number of hydrogen-bond donors (Lipinski definition) is 2. The normalized spacial score (nSPS) is 24.5. The fourth-order valence-corrected chi connectivity index (χ4v) is 4.87. The molecule has 1 fully saturated rings. The van der Waals surface area contributed by atoms with Crippen molar-refractivity contribution in [1.82, 2.24) is 5.32 Å². The Bertz CT molecular complexity index is 783. The van der Waals surface area contributed by atoms with E-state index in [2.05, 4.69) is 58.9 Å². The van der Waals surface area contributed by atoms with Crippen molar-refractivity contribution in [3.8, 4) is 0 Å². The maximum atomic E-state index is 3.65. The van der Waals surface area contributed by atoms with Crippen molar-refractivity contribution in [3.05, 3.63) is 53.1 Å². The molecule has 5 rings (SSSR count). The number of fused-ring (bicyclic) bond motifs is 2. The molecule has 124 valence electrons.